The summed E-state index contributed by atoms with van der Waals surface area (Å²) in [4.78, 5) is 26.7. The first-order valence-electron chi connectivity index (χ1n) is 8.25. The molecule has 2 amide bonds. The molecule has 0 radical (unpaired) electrons. The first-order valence-corrected chi connectivity index (χ1v) is 8.25. The molecule has 21 heavy (non-hydrogen) atoms. The Morgan fingerprint density at radius 3 is 2.57 bits per heavy atom. The van der Waals surface area contributed by atoms with Crippen molar-refractivity contribution in [2.24, 2.45) is 5.92 Å². The van der Waals surface area contributed by atoms with Crippen LogP contribution in [0.1, 0.15) is 51.9 Å². The Morgan fingerprint density at radius 1 is 1.19 bits per heavy atom. The van der Waals surface area contributed by atoms with Gasteiger partial charge in [0, 0.05) is 20.3 Å². The molecule has 0 aromatic rings. The van der Waals surface area contributed by atoms with Crippen LogP contribution in [-0.2, 0) is 14.3 Å². The fraction of sp³-hybridized carbons (Fsp3) is 0.875. The van der Waals surface area contributed by atoms with E-state index in [1.165, 1.54) is 19.3 Å². The topological polar surface area (TPSA) is 58.6 Å². The number of nitrogens with zero attached hydrogens (tertiary/aromatic N) is 1. The molecular weight excluding hydrogens is 268 g/mol. The third-order valence-electron chi connectivity index (χ3n) is 4.71. The first-order chi connectivity index (χ1) is 10.1. The number of hydrogen-bond acceptors (Lipinski definition) is 3. The number of rotatable bonds is 6. The van der Waals surface area contributed by atoms with E-state index in [1.807, 2.05) is 4.90 Å². The Morgan fingerprint density at radius 2 is 1.90 bits per heavy atom. The lowest BCUT2D eigenvalue weighted by Crippen LogP contribution is -2.64. The van der Waals surface area contributed by atoms with E-state index in [2.05, 4.69) is 5.32 Å². The standard InChI is InChI=1S/C16H28N2O3/c1-12-16(20)18(10-6-7-11-21-2)14(15(19)17-12)13-8-4-3-5-9-13/h12-14H,3-11H2,1-2H3,(H,17,19). The molecular formula is C16H28N2O3. The van der Waals surface area contributed by atoms with Crippen LogP contribution in [0.2, 0.25) is 0 Å². The maximum atomic E-state index is 12.5. The Labute approximate surface area is 127 Å². The summed E-state index contributed by atoms with van der Waals surface area (Å²) in [5.74, 6) is 0.445. The highest BCUT2D eigenvalue weighted by molar-refractivity contribution is 5.96. The average Bonchev–Trinajstić information content (AvgIpc) is 2.49. The minimum absolute atomic E-state index is 0.0424. The van der Waals surface area contributed by atoms with Gasteiger partial charge in [0.1, 0.15) is 12.1 Å². The minimum Gasteiger partial charge on any atom is -0.385 e. The number of carbonyl (C=O) groups is 2. The van der Waals surface area contributed by atoms with Crippen LogP contribution >= 0.6 is 0 Å². The van der Waals surface area contributed by atoms with Crippen molar-refractivity contribution in [3.05, 3.63) is 0 Å². The Balaban J connectivity index is 2.04. The summed E-state index contributed by atoms with van der Waals surface area (Å²) >= 11 is 0. The van der Waals surface area contributed by atoms with Crippen molar-refractivity contribution >= 4 is 11.8 Å². The number of nitrogens with one attached hydrogen (secondary N) is 1. The van der Waals surface area contributed by atoms with Crippen LogP contribution in [0.5, 0.6) is 0 Å². The van der Waals surface area contributed by atoms with E-state index in [-0.39, 0.29) is 23.9 Å². The zero-order valence-electron chi connectivity index (χ0n) is 13.3. The molecule has 2 fully saturated rings. The van der Waals surface area contributed by atoms with Crippen molar-refractivity contribution in [2.75, 3.05) is 20.3 Å². The van der Waals surface area contributed by atoms with Gasteiger partial charge in [-0.25, -0.2) is 0 Å². The fourth-order valence-corrected chi connectivity index (χ4v) is 3.58. The predicted octanol–water partition coefficient (Wildman–Crippen LogP) is 1.71. The van der Waals surface area contributed by atoms with Gasteiger partial charge in [-0.1, -0.05) is 19.3 Å². The molecule has 1 aliphatic heterocycles. The van der Waals surface area contributed by atoms with Crippen LogP contribution in [0, 0.1) is 5.92 Å². The highest BCUT2D eigenvalue weighted by atomic mass is 16.5. The van der Waals surface area contributed by atoms with Crippen molar-refractivity contribution in [2.45, 2.75) is 64.0 Å². The third-order valence-corrected chi connectivity index (χ3v) is 4.71. The summed E-state index contributed by atoms with van der Waals surface area (Å²) in [6.45, 7) is 3.15. The second kappa shape index (κ2) is 7.78. The van der Waals surface area contributed by atoms with Gasteiger partial charge in [0.05, 0.1) is 0 Å². The normalized spacial score (nSPS) is 27.8. The largest absolute Gasteiger partial charge is 0.385 e. The molecule has 0 bridgehead atoms. The molecule has 0 spiro atoms. The van der Waals surface area contributed by atoms with E-state index < -0.39 is 0 Å². The molecule has 1 saturated carbocycles. The maximum Gasteiger partial charge on any atom is 0.245 e. The van der Waals surface area contributed by atoms with E-state index in [1.54, 1.807) is 14.0 Å². The van der Waals surface area contributed by atoms with Gasteiger partial charge < -0.3 is 15.0 Å². The second-order valence-electron chi connectivity index (χ2n) is 6.30. The number of unbranched alkanes of at least 4 members (excludes halogenated alkanes) is 1. The van der Waals surface area contributed by atoms with Crippen LogP contribution in [0.4, 0.5) is 0 Å². The summed E-state index contributed by atoms with van der Waals surface area (Å²) < 4.78 is 5.06. The molecule has 0 aromatic heterocycles. The predicted molar refractivity (Wildman–Crippen MR) is 80.8 cm³/mol. The van der Waals surface area contributed by atoms with E-state index in [0.29, 0.717) is 19.1 Å². The Hall–Kier alpha value is -1.10. The molecule has 5 nitrogen and oxygen atoms in total. The molecule has 2 atom stereocenters. The summed E-state index contributed by atoms with van der Waals surface area (Å²) in [6, 6.07) is -0.642. The quantitative estimate of drug-likeness (QED) is 0.759. The SMILES string of the molecule is COCCCCN1C(=O)C(C)NC(=O)C1C1CCCCC1. The fourth-order valence-electron chi connectivity index (χ4n) is 3.58. The molecule has 2 rings (SSSR count). The van der Waals surface area contributed by atoms with Crippen LogP contribution < -0.4 is 5.32 Å². The van der Waals surface area contributed by atoms with Crippen LogP contribution in [0.15, 0.2) is 0 Å². The molecule has 1 heterocycles. The molecule has 2 aliphatic rings. The molecule has 1 aliphatic carbocycles. The van der Waals surface area contributed by atoms with E-state index in [0.717, 1.165) is 25.7 Å². The van der Waals surface area contributed by atoms with Crippen LogP contribution in [-0.4, -0.2) is 49.1 Å². The Kier molecular flexibility index (Phi) is 6.03. The number of amides is 2. The van der Waals surface area contributed by atoms with Gasteiger partial charge in [0.25, 0.3) is 0 Å². The highest BCUT2D eigenvalue weighted by Crippen LogP contribution is 2.31. The highest BCUT2D eigenvalue weighted by Gasteiger charge is 2.42. The summed E-state index contributed by atoms with van der Waals surface area (Å²) in [5.41, 5.74) is 0. The van der Waals surface area contributed by atoms with E-state index in [4.69, 9.17) is 4.74 Å². The van der Waals surface area contributed by atoms with Gasteiger partial charge in [-0.3, -0.25) is 9.59 Å². The molecule has 5 heteroatoms. The van der Waals surface area contributed by atoms with Gasteiger partial charge in [-0.05, 0) is 38.5 Å². The average molecular weight is 296 g/mol. The monoisotopic (exact) mass is 296 g/mol. The van der Waals surface area contributed by atoms with Crippen molar-refractivity contribution in [1.29, 1.82) is 0 Å². The van der Waals surface area contributed by atoms with Gasteiger partial charge in [0.15, 0.2) is 0 Å². The van der Waals surface area contributed by atoms with Gasteiger partial charge in [-0.15, -0.1) is 0 Å². The maximum absolute atomic E-state index is 12.5. The molecule has 1 N–H and O–H groups in total. The number of piperazine rings is 1. The van der Waals surface area contributed by atoms with Gasteiger partial charge >= 0.3 is 0 Å². The van der Waals surface area contributed by atoms with E-state index >= 15 is 0 Å². The minimum atomic E-state index is -0.389. The summed E-state index contributed by atoms with van der Waals surface area (Å²) in [6.07, 6.45) is 7.55. The van der Waals surface area contributed by atoms with Crippen LogP contribution in [0.3, 0.4) is 0 Å². The third kappa shape index (κ3) is 3.96. The number of carbonyl (C=O) groups excluding carboxylic acids is 2. The summed E-state index contributed by atoms with van der Waals surface area (Å²) in [7, 11) is 1.69. The van der Waals surface area contributed by atoms with E-state index in [9.17, 15) is 9.59 Å². The molecule has 120 valence electrons. The zero-order valence-corrected chi connectivity index (χ0v) is 13.3. The van der Waals surface area contributed by atoms with Gasteiger partial charge in [0.2, 0.25) is 11.8 Å². The number of ether oxygens (including phenoxy) is 1. The lowest BCUT2D eigenvalue weighted by Gasteiger charge is -2.42. The smallest absolute Gasteiger partial charge is 0.245 e. The lowest BCUT2D eigenvalue weighted by molar-refractivity contribution is -0.151. The number of methoxy groups -OCH3 is 1. The van der Waals surface area contributed by atoms with Crippen LogP contribution in [0.25, 0.3) is 0 Å². The molecule has 0 aromatic carbocycles. The van der Waals surface area contributed by atoms with Gasteiger partial charge in [-0.2, -0.15) is 0 Å². The zero-order chi connectivity index (χ0) is 15.2. The summed E-state index contributed by atoms with van der Waals surface area (Å²) in [5, 5.41) is 2.85. The lowest BCUT2D eigenvalue weighted by atomic mass is 9.81. The second-order valence-corrected chi connectivity index (χ2v) is 6.30. The van der Waals surface area contributed by atoms with Crippen molar-refractivity contribution in [1.82, 2.24) is 10.2 Å². The van der Waals surface area contributed by atoms with Crippen molar-refractivity contribution in [3.63, 3.8) is 0 Å². The Bertz CT molecular complexity index is 367. The van der Waals surface area contributed by atoms with Crippen molar-refractivity contribution in [3.8, 4) is 0 Å². The molecule has 1 saturated heterocycles. The number of hydrogen-bond donors (Lipinski definition) is 1. The molecule has 2 unspecified atom stereocenters. The first kappa shape index (κ1) is 16.3. The van der Waals surface area contributed by atoms with Crippen molar-refractivity contribution < 1.29 is 14.3 Å².